The van der Waals surface area contributed by atoms with Crippen molar-refractivity contribution in [2.75, 3.05) is 20.1 Å². The summed E-state index contributed by atoms with van der Waals surface area (Å²) in [7, 11) is 1.55. The molecule has 1 fully saturated rings. The highest BCUT2D eigenvalue weighted by Crippen LogP contribution is 2.26. The van der Waals surface area contributed by atoms with E-state index in [0.29, 0.717) is 11.1 Å². The van der Waals surface area contributed by atoms with E-state index >= 15 is 0 Å². The number of rotatable bonds is 8. The molecule has 37 heavy (non-hydrogen) atoms. The Morgan fingerprint density at radius 3 is 2.49 bits per heavy atom. The first-order valence-corrected chi connectivity index (χ1v) is 11.0. The highest BCUT2D eigenvalue weighted by molar-refractivity contribution is 5.95. The maximum absolute atomic E-state index is 14.9. The van der Waals surface area contributed by atoms with Crippen molar-refractivity contribution in [3.8, 4) is 11.6 Å². The van der Waals surface area contributed by atoms with Crippen LogP contribution >= 0.6 is 0 Å². The number of aromatic nitrogens is 1. The van der Waals surface area contributed by atoms with E-state index in [-0.39, 0.29) is 43.1 Å². The van der Waals surface area contributed by atoms with E-state index in [4.69, 9.17) is 22.0 Å². The van der Waals surface area contributed by atoms with Crippen LogP contribution in [-0.4, -0.2) is 65.5 Å². The molecule has 2 amide bonds. The number of ether oxygens (including phenoxy) is 2. The Labute approximate surface area is 209 Å². The van der Waals surface area contributed by atoms with Gasteiger partial charge in [-0.1, -0.05) is 12.1 Å². The van der Waals surface area contributed by atoms with Crippen LogP contribution in [0.3, 0.4) is 0 Å². The number of likely N-dealkylation sites (tertiary alicyclic amines) is 1. The molecular weight excluding hydrogens is 500 g/mol. The molecule has 1 aliphatic heterocycles. The molecule has 3 rings (SSSR count). The molecule has 2 atom stereocenters. The third kappa shape index (κ3) is 7.70. The fourth-order valence-electron chi connectivity index (χ4n) is 3.66. The molecule has 0 spiro atoms. The number of hydrazine groups is 1. The number of primary amides is 1. The third-order valence-corrected chi connectivity index (χ3v) is 5.40. The first-order valence-electron chi connectivity index (χ1n) is 11.0. The van der Waals surface area contributed by atoms with Crippen molar-refractivity contribution < 1.29 is 36.6 Å². The molecule has 0 aliphatic carbocycles. The number of benzene rings is 1. The quantitative estimate of drug-likeness (QED) is 0.267. The number of nitrogens with two attached hydrogens (primary N) is 3. The lowest BCUT2D eigenvalue weighted by molar-refractivity contribution is -0.274. The molecule has 200 valence electrons. The van der Waals surface area contributed by atoms with Gasteiger partial charge in [-0.15, -0.1) is 13.2 Å². The van der Waals surface area contributed by atoms with Gasteiger partial charge >= 0.3 is 6.36 Å². The van der Waals surface area contributed by atoms with Crippen molar-refractivity contribution >= 4 is 17.5 Å². The van der Waals surface area contributed by atoms with E-state index < -0.39 is 36.2 Å². The number of halogens is 4. The number of carbonyl (C=O) groups is 2. The number of nitrogens with zero attached hydrogens (tertiary/aromatic N) is 3. The van der Waals surface area contributed by atoms with Crippen LogP contribution in [-0.2, 0) is 11.2 Å². The van der Waals surface area contributed by atoms with Crippen molar-refractivity contribution in [1.29, 1.82) is 0 Å². The first-order chi connectivity index (χ1) is 17.3. The number of amides is 2. The van der Waals surface area contributed by atoms with Gasteiger partial charge in [-0.25, -0.2) is 15.2 Å². The summed E-state index contributed by atoms with van der Waals surface area (Å²) in [6, 6.07) is 6.21. The summed E-state index contributed by atoms with van der Waals surface area (Å²) in [5, 5.41) is 1.21. The molecular formula is C23H26F4N6O4. The van der Waals surface area contributed by atoms with Crippen LogP contribution in [0.5, 0.6) is 11.6 Å². The SMILES string of the molecule is CN(N)/C=C(\N)c1cnc(OC2CCN(C(=O)Cc3ccc(OC(F)(F)F)cc3)CC2F)c(C(N)=O)c1. The molecule has 10 nitrogen and oxygen atoms in total. The monoisotopic (exact) mass is 526 g/mol. The van der Waals surface area contributed by atoms with Crippen molar-refractivity contribution in [2.45, 2.75) is 31.5 Å². The standard InChI is InChI=1S/C23H26F4N6O4/c1-32(30)12-18(28)14-9-16(21(29)35)22(31-10-14)36-19-6-7-33(11-17(19)24)20(34)8-13-2-4-15(5-3-13)37-23(25,26)27/h2-5,9-10,12,17,19H,6-8,11,28,30H2,1H3,(H2,29,35)/b18-12-. The number of alkyl halides is 4. The van der Waals surface area contributed by atoms with E-state index in [1.165, 1.54) is 40.5 Å². The minimum atomic E-state index is -4.82. The number of hydrogen-bond acceptors (Lipinski definition) is 8. The molecule has 0 saturated carbocycles. The van der Waals surface area contributed by atoms with Gasteiger partial charge in [-0.05, 0) is 23.8 Å². The van der Waals surface area contributed by atoms with E-state index in [9.17, 15) is 27.2 Å². The Morgan fingerprint density at radius 2 is 1.92 bits per heavy atom. The Morgan fingerprint density at radius 1 is 1.24 bits per heavy atom. The minimum absolute atomic E-state index is 0.0998. The lowest BCUT2D eigenvalue weighted by Crippen LogP contribution is -2.49. The summed E-state index contributed by atoms with van der Waals surface area (Å²) in [5.74, 6) is 3.69. The molecule has 1 aromatic heterocycles. The molecule has 2 unspecified atom stereocenters. The van der Waals surface area contributed by atoms with Gasteiger partial charge in [0, 0.05) is 38.0 Å². The molecule has 1 saturated heterocycles. The second kappa shape index (κ2) is 11.3. The summed E-state index contributed by atoms with van der Waals surface area (Å²) in [4.78, 5) is 29.9. The van der Waals surface area contributed by atoms with Gasteiger partial charge in [0.15, 0.2) is 6.17 Å². The molecule has 2 heterocycles. The zero-order chi connectivity index (χ0) is 27.3. The molecule has 2 aromatic rings. The predicted octanol–water partition coefficient (Wildman–Crippen LogP) is 1.70. The van der Waals surface area contributed by atoms with Crippen LogP contribution in [0.15, 0.2) is 42.7 Å². The Hall–Kier alpha value is -4.07. The lowest BCUT2D eigenvalue weighted by atomic mass is 10.0. The second-order valence-corrected chi connectivity index (χ2v) is 8.36. The van der Waals surface area contributed by atoms with Gasteiger partial charge in [0.25, 0.3) is 5.91 Å². The molecule has 0 bridgehead atoms. The number of piperidine rings is 1. The summed E-state index contributed by atoms with van der Waals surface area (Å²) in [6.07, 6.45) is -4.72. The van der Waals surface area contributed by atoms with Gasteiger partial charge in [-0.2, -0.15) is 0 Å². The number of carbonyl (C=O) groups excluding carboxylic acids is 2. The molecule has 1 aliphatic rings. The fourth-order valence-corrected chi connectivity index (χ4v) is 3.66. The zero-order valence-electron chi connectivity index (χ0n) is 19.7. The Balaban J connectivity index is 1.62. The maximum atomic E-state index is 14.9. The van der Waals surface area contributed by atoms with Crippen LogP contribution < -0.4 is 26.8 Å². The molecule has 0 radical (unpaired) electrons. The van der Waals surface area contributed by atoms with Gasteiger partial charge < -0.3 is 30.8 Å². The topological polar surface area (TPSA) is 150 Å². The maximum Gasteiger partial charge on any atom is 0.573 e. The van der Waals surface area contributed by atoms with Crippen LogP contribution in [0.1, 0.15) is 27.9 Å². The van der Waals surface area contributed by atoms with Crippen LogP contribution in [0.2, 0.25) is 0 Å². The summed E-state index contributed by atoms with van der Waals surface area (Å²) >= 11 is 0. The predicted molar refractivity (Wildman–Crippen MR) is 124 cm³/mol. The normalized spacial score (nSPS) is 18.3. The van der Waals surface area contributed by atoms with Crippen LogP contribution in [0, 0.1) is 0 Å². The van der Waals surface area contributed by atoms with Crippen molar-refractivity contribution in [3.05, 3.63) is 59.4 Å². The Bertz CT molecular complexity index is 1160. The highest BCUT2D eigenvalue weighted by Gasteiger charge is 2.34. The largest absolute Gasteiger partial charge is 0.573 e. The van der Waals surface area contributed by atoms with E-state index in [1.54, 1.807) is 7.05 Å². The van der Waals surface area contributed by atoms with E-state index in [2.05, 4.69) is 9.72 Å². The zero-order valence-corrected chi connectivity index (χ0v) is 19.7. The smallest absolute Gasteiger partial charge is 0.471 e. The minimum Gasteiger partial charge on any atom is -0.471 e. The van der Waals surface area contributed by atoms with Gasteiger partial charge in [-0.3, -0.25) is 9.59 Å². The number of hydrogen-bond donors (Lipinski definition) is 3. The summed E-state index contributed by atoms with van der Waals surface area (Å²) < 4.78 is 61.2. The van der Waals surface area contributed by atoms with Crippen molar-refractivity contribution in [1.82, 2.24) is 14.9 Å². The second-order valence-electron chi connectivity index (χ2n) is 8.36. The van der Waals surface area contributed by atoms with Crippen LogP contribution in [0.4, 0.5) is 17.6 Å². The van der Waals surface area contributed by atoms with Gasteiger partial charge in [0.1, 0.15) is 17.4 Å². The Kier molecular flexibility index (Phi) is 8.42. The van der Waals surface area contributed by atoms with E-state index in [0.717, 1.165) is 12.1 Å². The summed E-state index contributed by atoms with van der Waals surface area (Å²) in [5.41, 5.74) is 12.3. The molecule has 6 N–H and O–H groups in total. The fraction of sp³-hybridized carbons (Fsp3) is 0.348. The lowest BCUT2D eigenvalue weighted by Gasteiger charge is -2.34. The molecule has 14 heteroatoms. The van der Waals surface area contributed by atoms with Crippen molar-refractivity contribution in [2.24, 2.45) is 17.3 Å². The molecule has 1 aromatic carbocycles. The third-order valence-electron chi connectivity index (χ3n) is 5.40. The van der Waals surface area contributed by atoms with Gasteiger partial charge in [0.05, 0.1) is 18.7 Å². The highest BCUT2D eigenvalue weighted by atomic mass is 19.4. The van der Waals surface area contributed by atoms with Crippen LogP contribution in [0.25, 0.3) is 5.70 Å². The average molecular weight is 526 g/mol. The van der Waals surface area contributed by atoms with E-state index in [1.807, 2.05) is 0 Å². The van der Waals surface area contributed by atoms with Gasteiger partial charge in [0.2, 0.25) is 11.8 Å². The first kappa shape index (κ1) is 27.5. The van der Waals surface area contributed by atoms with Crippen molar-refractivity contribution in [3.63, 3.8) is 0 Å². The summed E-state index contributed by atoms with van der Waals surface area (Å²) in [6.45, 7) is -0.122. The number of pyridine rings is 1. The average Bonchev–Trinajstić information content (AvgIpc) is 2.80.